The van der Waals surface area contributed by atoms with Gasteiger partial charge in [-0.2, -0.15) is 0 Å². The molecule has 0 radical (unpaired) electrons. The molecule has 1 aromatic rings. The summed E-state index contributed by atoms with van der Waals surface area (Å²) in [6, 6.07) is 6.06. The molecule has 1 rings (SSSR count). The lowest BCUT2D eigenvalue weighted by Gasteiger charge is -2.12. The highest BCUT2D eigenvalue weighted by Gasteiger charge is 2.04. The predicted molar refractivity (Wildman–Crippen MR) is 82.8 cm³/mol. The van der Waals surface area contributed by atoms with Crippen molar-refractivity contribution in [3.05, 3.63) is 29.3 Å². The normalized spacial score (nSPS) is 12.4. The zero-order valence-corrected chi connectivity index (χ0v) is 13.3. The van der Waals surface area contributed by atoms with E-state index in [2.05, 4.69) is 6.07 Å². The van der Waals surface area contributed by atoms with Gasteiger partial charge in [0.05, 0.1) is 33.0 Å². The summed E-state index contributed by atoms with van der Waals surface area (Å²) in [5.41, 5.74) is 8.06. The summed E-state index contributed by atoms with van der Waals surface area (Å²) in [6.45, 7) is 7.41. The van der Waals surface area contributed by atoms with Gasteiger partial charge in [-0.15, -0.1) is 0 Å². The molecule has 0 aliphatic heterocycles. The first kappa shape index (κ1) is 17.9. The summed E-state index contributed by atoms with van der Waals surface area (Å²) in [6.07, 6.45) is 0. The Kier molecular flexibility index (Phi) is 9.01. The number of hydrogen-bond donors (Lipinski definition) is 1. The standard InChI is InChI=1S/C16H27NO4/c1-13-12-15(14(2)17)4-5-16(13)21-11-10-20-9-8-19-7-6-18-3/h4-5,12,14H,6-11,17H2,1-3H3. The highest BCUT2D eigenvalue weighted by atomic mass is 16.6. The smallest absolute Gasteiger partial charge is 0.122 e. The zero-order chi connectivity index (χ0) is 15.5. The molecule has 0 aliphatic rings. The van der Waals surface area contributed by atoms with Crippen LogP contribution in [0.5, 0.6) is 5.75 Å². The van der Waals surface area contributed by atoms with Crippen LogP contribution in [-0.4, -0.2) is 46.8 Å². The Morgan fingerprint density at radius 1 is 1.00 bits per heavy atom. The summed E-state index contributed by atoms with van der Waals surface area (Å²) >= 11 is 0. The lowest BCUT2D eigenvalue weighted by molar-refractivity contribution is 0.0179. The monoisotopic (exact) mass is 297 g/mol. The fourth-order valence-corrected chi connectivity index (χ4v) is 1.79. The Bertz CT molecular complexity index is 396. The van der Waals surface area contributed by atoms with Crippen LogP contribution in [0, 0.1) is 6.92 Å². The third-order valence-corrected chi connectivity index (χ3v) is 3.01. The average molecular weight is 297 g/mol. The van der Waals surface area contributed by atoms with Crippen molar-refractivity contribution in [3.8, 4) is 5.75 Å². The maximum atomic E-state index is 5.85. The maximum Gasteiger partial charge on any atom is 0.122 e. The van der Waals surface area contributed by atoms with Gasteiger partial charge >= 0.3 is 0 Å². The molecule has 0 heterocycles. The number of aryl methyl sites for hydroxylation is 1. The fourth-order valence-electron chi connectivity index (χ4n) is 1.79. The predicted octanol–water partition coefficient (Wildman–Crippen LogP) is 2.07. The molecule has 5 nitrogen and oxygen atoms in total. The van der Waals surface area contributed by atoms with Crippen molar-refractivity contribution in [1.82, 2.24) is 0 Å². The number of methoxy groups -OCH3 is 1. The third-order valence-electron chi connectivity index (χ3n) is 3.01. The van der Waals surface area contributed by atoms with Gasteiger partial charge in [0, 0.05) is 13.2 Å². The zero-order valence-electron chi connectivity index (χ0n) is 13.3. The second-order valence-electron chi connectivity index (χ2n) is 4.88. The van der Waals surface area contributed by atoms with E-state index in [9.17, 15) is 0 Å². The number of ether oxygens (including phenoxy) is 4. The first-order valence-electron chi connectivity index (χ1n) is 7.28. The second-order valence-corrected chi connectivity index (χ2v) is 4.88. The molecule has 2 N–H and O–H groups in total. The van der Waals surface area contributed by atoms with Gasteiger partial charge in [0.1, 0.15) is 12.4 Å². The molecule has 21 heavy (non-hydrogen) atoms. The molecule has 0 bridgehead atoms. The van der Waals surface area contributed by atoms with E-state index >= 15 is 0 Å². The van der Waals surface area contributed by atoms with Crippen molar-refractivity contribution in [2.24, 2.45) is 5.73 Å². The first-order valence-corrected chi connectivity index (χ1v) is 7.28. The number of benzene rings is 1. The van der Waals surface area contributed by atoms with Gasteiger partial charge in [-0.1, -0.05) is 12.1 Å². The minimum Gasteiger partial charge on any atom is -0.491 e. The van der Waals surface area contributed by atoms with Crippen molar-refractivity contribution in [1.29, 1.82) is 0 Å². The Hall–Kier alpha value is -1.14. The molecule has 0 saturated heterocycles. The van der Waals surface area contributed by atoms with Gasteiger partial charge in [-0.3, -0.25) is 0 Å². The van der Waals surface area contributed by atoms with E-state index in [0.29, 0.717) is 39.6 Å². The largest absolute Gasteiger partial charge is 0.491 e. The highest BCUT2D eigenvalue weighted by Crippen LogP contribution is 2.21. The van der Waals surface area contributed by atoms with Crippen LogP contribution < -0.4 is 10.5 Å². The molecule has 0 spiro atoms. The molecular formula is C16H27NO4. The molecule has 0 amide bonds. The molecule has 0 fully saturated rings. The van der Waals surface area contributed by atoms with E-state index < -0.39 is 0 Å². The fraction of sp³-hybridized carbons (Fsp3) is 0.625. The highest BCUT2D eigenvalue weighted by molar-refractivity contribution is 5.37. The molecule has 1 unspecified atom stereocenters. The van der Waals surface area contributed by atoms with Crippen molar-refractivity contribution >= 4 is 0 Å². The minimum atomic E-state index is 0.0409. The second kappa shape index (κ2) is 10.6. The van der Waals surface area contributed by atoms with Crippen LogP contribution in [-0.2, 0) is 14.2 Å². The maximum absolute atomic E-state index is 5.85. The third kappa shape index (κ3) is 7.43. The quantitative estimate of drug-likeness (QED) is 0.634. The van der Waals surface area contributed by atoms with Crippen LogP contribution in [0.4, 0.5) is 0 Å². The molecule has 120 valence electrons. The van der Waals surface area contributed by atoms with E-state index in [4.69, 9.17) is 24.7 Å². The SMILES string of the molecule is COCCOCCOCCOc1ccc(C(C)N)cc1C. The molecule has 0 saturated carbocycles. The van der Waals surface area contributed by atoms with Gasteiger partial charge in [-0.05, 0) is 31.0 Å². The summed E-state index contributed by atoms with van der Waals surface area (Å²) in [5, 5.41) is 0. The van der Waals surface area contributed by atoms with E-state index in [1.54, 1.807) is 7.11 Å². The average Bonchev–Trinajstić information content (AvgIpc) is 2.46. The van der Waals surface area contributed by atoms with Gasteiger partial charge < -0.3 is 24.7 Å². The number of hydrogen-bond acceptors (Lipinski definition) is 5. The van der Waals surface area contributed by atoms with Crippen molar-refractivity contribution < 1.29 is 18.9 Å². The minimum absolute atomic E-state index is 0.0409. The van der Waals surface area contributed by atoms with Crippen LogP contribution in [0.1, 0.15) is 24.1 Å². The topological polar surface area (TPSA) is 62.9 Å². The van der Waals surface area contributed by atoms with Crippen molar-refractivity contribution in [2.45, 2.75) is 19.9 Å². The van der Waals surface area contributed by atoms with Gasteiger partial charge in [0.15, 0.2) is 0 Å². The number of nitrogens with two attached hydrogens (primary N) is 1. The Balaban J connectivity index is 2.13. The molecule has 5 heteroatoms. The van der Waals surface area contributed by atoms with Gasteiger partial charge in [0.2, 0.25) is 0 Å². The summed E-state index contributed by atoms with van der Waals surface area (Å²) < 4.78 is 21.3. The van der Waals surface area contributed by atoms with Gasteiger partial charge in [0.25, 0.3) is 0 Å². The van der Waals surface area contributed by atoms with Crippen LogP contribution in [0.3, 0.4) is 0 Å². The van der Waals surface area contributed by atoms with Crippen LogP contribution >= 0.6 is 0 Å². The van der Waals surface area contributed by atoms with E-state index in [1.165, 1.54) is 0 Å². The molecule has 1 aromatic carbocycles. The first-order chi connectivity index (χ1) is 10.1. The van der Waals surface area contributed by atoms with Crippen LogP contribution in [0.15, 0.2) is 18.2 Å². The van der Waals surface area contributed by atoms with Gasteiger partial charge in [-0.25, -0.2) is 0 Å². The van der Waals surface area contributed by atoms with Crippen LogP contribution in [0.2, 0.25) is 0 Å². The lowest BCUT2D eigenvalue weighted by Crippen LogP contribution is -2.12. The van der Waals surface area contributed by atoms with E-state index in [-0.39, 0.29) is 6.04 Å². The lowest BCUT2D eigenvalue weighted by atomic mass is 10.1. The molecule has 0 aromatic heterocycles. The van der Waals surface area contributed by atoms with Crippen molar-refractivity contribution in [2.75, 3.05) is 46.8 Å². The number of rotatable bonds is 11. The Labute approximate surface area is 127 Å². The van der Waals surface area contributed by atoms with Crippen molar-refractivity contribution in [3.63, 3.8) is 0 Å². The summed E-state index contributed by atoms with van der Waals surface area (Å²) in [5.74, 6) is 0.874. The molecule has 1 atom stereocenters. The van der Waals surface area contributed by atoms with E-state index in [1.807, 2.05) is 26.0 Å². The summed E-state index contributed by atoms with van der Waals surface area (Å²) in [4.78, 5) is 0. The molecular weight excluding hydrogens is 270 g/mol. The van der Waals surface area contributed by atoms with Crippen LogP contribution in [0.25, 0.3) is 0 Å². The van der Waals surface area contributed by atoms with E-state index in [0.717, 1.165) is 16.9 Å². The Morgan fingerprint density at radius 2 is 1.62 bits per heavy atom. The Morgan fingerprint density at radius 3 is 2.19 bits per heavy atom. The summed E-state index contributed by atoms with van der Waals surface area (Å²) in [7, 11) is 1.65. The molecule has 0 aliphatic carbocycles.